The van der Waals surface area contributed by atoms with E-state index in [2.05, 4.69) is 47.3 Å². The number of hydrogen-bond donors (Lipinski definition) is 2. The summed E-state index contributed by atoms with van der Waals surface area (Å²) in [5.74, 6) is 0.937. The summed E-state index contributed by atoms with van der Waals surface area (Å²) in [7, 11) is 0. The number of aromatic amines is 1. The maximum absolute atomic E-state index is 10.5. The SMILES string of the molecule is CC(C)(CNC=O)c1ccc2[nH]c(Cc3ccncc3)nc2c1. The fourth-order valence-corrected chi connectivity index (χ4v) is 2.66. The minimum atomic E-state index is -0.140. The molecule has 23 heavy (non-hydrogen) atoms. The van der Waals surface area contributed by atoms with Crippen molar-refractivity contribution in [2.24, 2.45) is 0 Å². The molecule has 0 bridgehead atoms. The van der Waals surface area contributed by atoms with Crippen LogP contribution in [-0.4, -0.2) is 27.9 Å². The number of nitrogens with one attached hydrogen (secondary N) is 2. The lowest BCUT2D eigenvalue weighted by molar-refractivity contribution is -0.109. The van der Waals surface area contributed by atoms with Gasteiger partial charge in [0.2, 0.25) is 6.41 Å². The molecule has 0 aliphatic rings. The molecule has 0 radical (unpaired) electrons. The fourth-order valence-electron chi connectivity index (χ4n) is 2.66. The largest absolute Gasteiger partial charge is 0.358 e. The van der Waals surface area contributed by atoms with Gasteiger partial charge in [-0.05, 0) is 35.4 Å². The number of nitrogens with zero attached hydrogens (tertiary/aromatic N) is 2. The number of carbonyl (C=O) groups is 1. The minimum absolute atomic E-state index is 0.140. The first-order valence-electron chi connectivity index (χ1n) is 7.63. The third-order valence-corrected chi connectivity index (χ3v) is 4.06. The molecule has 2 heterocycles. The third-order valence-electron chi connectivity index (χ3n) is 4.06. The summed E-state index contributed by atoms with van der Waals surface area (Å²) in [5, 5.41) is 2.76. The van der Waals surface area contributed by atoms with E-state index < -0.39 is 0 Å². The van der Waals surface area contributed by atoms with Crippen molar-refractivity contribution in [3.05, 3.63) is 59.7 Å². The second-order valence-electron chi connectivity index (χ2n) is 6.33. The molecule has 2 N–H and O–H groups in total. The molecule has 118 valence electrons. The second kappa shape index (κ2) is 6.20. The zero-order valence-electron chi connectivity index (χ0n) is 13.3. The quantitative estimate of drug-likeness (QED) is 0.688. The van der Waals surface area contributed by atoms with E-state index in [-0.39, 0.29) is 5.41 Å². The number of carbonyl (C=O) groups excluding carboxylic acids is 1. The monoisotopic (exact) mass is 308 g/mol. The van der Waals surface area contributed by atoms with Gasteiger partial charge >= 0.3 is 0 Å². The van der Waals surface area contributed by atoms with Gasteiger partial charge in [0, 0.05) is 30.8 Å². The fraction of sp³-hybridized carbons (Fsp3) is 0.278. The van der Waals surface area contributed by atoms with Crippen molar-refractivity contribution >= 4 is 17.4 Å². The average Bonchev–Trinajstić information content (AvgIpc) is 2.95. The summed E-state index contributed by atoms with van der Waals surface area (Å²) < 4.78 is 0. The van der Waals surface area contributed by atoms with E-state index in [1.54, 1.807) is 12.4 Å². The number of imidazole rings is 1. The summed E-state index contributed by atoms with van der Waals surface area (Å²) in [5.41, 5.74) is 4.16. The first-order valence-corrected chi connectivity index (χ1v) is 7.63. The Labute approximate surface area is 135 Å². The molecule has 5 heteroatoms. The Bertz CT molecular complexity index is 808. The first-order chi connectivity index (χ1) is 11.1. The van der Waals surface area contributed by atoms with Gasteiger partial charge in [-0.15, -0.1) is 0 Å². The van der Waals surface area contributed by atoms with Gasteiger partial charge in [0.1, 0.15) is 5.82 Å². The molecule has 0 saturated heterocycles. The van der Waals surface area contributed by atoms with E-state index >= 15 is 0 Å². The zero-order valence-corrected chi connectivity index (χ0v) is 13.3. The Morgan fingerprint density at radius 2 is 2.00 bits per heavy atom. The van der Waals surface area contributed by atoms with Crippen LogP contribution in [0, 0.1) is 0 Å². The Morgan fingerprint density at radius 1 is 1.22 bits per heavy atom. The number of hydrogen-bond acceptors (Lipinski definition) is 3. The first kappa shape index (κ1) is 15.2. The Morgan fingerprint density at radius 3 is 2.74 bits per heavy atom. The van der Waals surface area contributed by atoms with Gasteiger partial charge in [-0.1, -0.05) is 19.9 Å². The number of fused-ring (bicyclic) bond motifs is 1. The summed E-state index contributed by atoms with van der Waals surface area (Å²) >= 11 is 0. The standard InChI is InChI=1S/C18H20N4O/c1-18(2,11-20-12-23)14-3-4-15-16(10-14)22-17(21-15)9-13-5-7-19-8-6-13/h3-8,10,12H,9,11H2,1-2H3,(H,20,23)(H,21,22). The lowest BCUT2D eigenvalue weighted by Gasteiger charge is -2.24. The van der Waals surface area contributed by atoms with Crippen LogP contribution in [0.2, 0.25) is 0 Å². The number of rotatable bonds is 6. The lowest BCUT2D eigenvalue weighted by atomic mass is 9.84. The van der Waals surface area contributed by atoms with Gasteiger partial charge in [-0.25, -0.2) is 4.98 Å². The van der Waals surface area contributed by atoms with Gasteiger partial charge in [0.25, 0.3) is 0 Å². The molecule has 0 spiro atoms. The third kappa shape index (κ3) is 3.39. The molecule has 0 aliphatic heterocycles. The van der Waals surface area contributed by atoms with Gasteiger partial charge < -0.3 is 10.3 Å². The molecule has 1 aromatic carbocycles. The topological polar surface area (TPSA) is 70.7 Å². The summed E-state index contributed by atoms with van der Waals surface area (Å²) in [6.07, 6.45) is 5.07. The van der Waals surface area contributed by atoms with Crippen LogP contribution < -0.4 is 5.32 Å². The average molecular weight is 308 g/mol. The molecule has 0 unspecified atom stereocenters. The van der Waals surface area contributed by atoms with Crippen molar-refractivity contribution in [1.29, 1.82) is 0 Å². The molecule has 3 rings (SSSR count). The Kier molecular flexibility index (Phi) is 4.10. The van der Waals surface area contributed by atoms with E-state index in [4.69, 9.17) is 4.98 Å². The van der Waals surface area contributed by atoms with Crippen molar-refractivity contribution < 1.29 is 4.79 Å². The van der Waals surface area contributed by atoms with E-state index in [0.29, 0.717) is 6.54 Å². The highest BCUT2D eigenvalue weighted by Crippen LogP contribution is 2.25. The normalized spacial score (nSPS) is 11.6. The van der Waals surface area contributed by atoms with Crippen molar-refractivity contribution in [3.8, 4) is 0 Å². The molecule has 1 amide bonds. The van der Waals surface area contributed by atoms with E-state index in [9.17, 15) is 4.79 Å². The number of H-pyrrole nitrogens is 1. The maximum atomic E-state index is 10.5. The molecule has 0 aliphatic carbocycles. The van der Waals surface area contributed by atoms with Crippen molar-refractivity contribution in [2.45, 2.75) is 25.7 Å². The highest BCUT2D eigenvalue weighted by molar-refractivity contribution is 5.76. The molecular weight excluding hydrogens is 288 g/mol. The van der Waals surface area contributed by atoms with Gasteiger partial charge in [-0.2, -0.15) is 0 Å². The van der Waals surface area contributed by atoms with Crippen LogP contribution >= 0.6 is 0 Å². The highest BCUT2D eigenvalue weighted by atomic mass is 16.1. The Hall–Kier alpha value is -2.69. The van der Waals surface area contributed by atoms with Crippen molar-refractivity contribution in [3.63, 3.8) is 0 Å². The van der Waals surface area contributed by atoms with Crippen molar-refractivity contribution in [2.75, 3.05) is 6.54 Å². The summed E-state index contributed by atoms with van der Waals surface area (Å²) in [4.78, 5) is 22.6. The lowest BCUT2D eigenvalue weighted by Crippen LogP contribution is -2.32. The number of aromatic nitrogens is 3. The highest BCUT2D eigenvalue weighted by Gasteiger charge is 2.21. The van der Waals surface area contributed by atoms with E-state index in [1.165, 1.54) is 5.56 Å². The van der Waals surface area contributed by atoms with Crippen LogP contribution in [0.5, 0.6) is 0 Å². The van der Waals surface area contributed by atoms with Gasteiger partial charge in [0.15, 0.2) is 0 Å². The molecule has 5 nitrogen and oxygen atoms in total. The predicted molar refractivity (Wildman–Crippen MR) is 90.2 cm³/mol. The molecule has 2 aromatic heterocycles. The summed E-state index contributed by atoms with van der Waals surface area (Å²) in [6, 6.07) is 10.2. The van der Waals surface area contributed by atoms with Crippen LogP contribution in [0.3, 0.4) is 0 Å². The van der Waals surface area contributed by atoms with E-state index in [1.807, 2.05) is 12.1 Å². The second-order valence-corrected chi connectivity index (χ2v) is 6.33. The van der Waals surface area contributed by atoms with Crippen LogP contribution in [-0.2, 0) is 16.6 Å². The zero-order chi connectivity index (χ0) is 16.3. The summed E-state index contributed by atoms with van der Waals surface area (Å²) in [6.45, 7) is 4.81. The van der Waals surface area contributed by atoms with Gasteiger partial charge in [-0.3, -0.25) is 9.78 Å². The van der Waals surface area contributed by atoms with Crippen LogP contribution in [0.25, 0.3) is 11.0 Å². The molecule has 3 aromatic rings. The van der Waals surface area contributed by atoms with Crippen molar-refractivity contribution in [1.82, 2.24) is 20.3 Å². The molecule has 0 atom stereocenters. The van der Waals surface area contributed by atoms with Gasteiger partial charge in [0.05, 0.1) is 11.0 Å². The number of amides is 1. The minimum Gasteiger partial charge on any atom is -0.358 e. The van der Waals surface area contributed by atoms with E-state index in [0.717, 1.165) is 35.3 Å². The molecule has 0 fully saturated rings. The Balaban J connectivity index is 1.87. The predicted octanol–water partition coefficient (Wildman–Crippen LogP) is 2.57. The smallest absolute Gasteiger partial charge is 0.207 e. The molecular formula is C18H20N4O. The van der Waals surface area contributed by atoms with Crippen LogP contribution in [0.1, 0.15) is 30.8 Å². The van der Waals surface area contributed by atoms with Crippen LogP contribution in [0.15, 0.2) is 42.7 Å². The van der Waals surface area contributed by atoms with Crippen LogP contribution in [0.4, 0.5) is 0 Å². The maximum Gasteiger partial charge on any atom is 0.207 e. The number of benzene rings is 1. The molecule has 0 saturated carbocycles. The number of pyridine rings is 1.